The minimum atomic E-state index is -0.584. The average molecular weight is 259 g/mol. The largest absolute Gasteiger partial charge is 0.505 e. The number of aromatic hydroxyl groups is 2. The second-order valence-electron chi connectivity index (χ2n) is 3.59. The quantitative estimate of drug-likeness (QED) is 0.500. The number of phenols is 2. The molecule has 7 nitrogen and oxygen atoms in total. The normalized spacial score (nSPS) is 10.7. The summed E-state index contributed by atoms with van der Waals surface area (Å²) in [5.74, 6) is -0.523. The number of nitro benzene ring substituents is 1. The van der Waals surface area contributed by atoms with Crippen molar-refractivity contribution >= 4 is 17.1 Å². The van der Waals surface area contributed by atoms with E-state index in [4.69, 9.17) is 0 Å². The van der Waals surface area contributed by atoms with Gasteiger partial charge >= 0.3 is 0 Å². The summed E-state index contributed by atoms with van der Waals surface area (Å²) in [5, 5.41) is 37.1. The second kappa shape index (κ2) is 5.13. The van der Waals surface area contributed by atoms with Crippen LogP contribution in [0.25, 0.3) is 0 Å². The molecular formula is C12H9N3O4. The third kappa shape index (κ3) is 2.65. The molecular weight excluding hydrogens is 250 g/mol. The van der Waals surface area contributed by atoms with E-state index in [0.29, 0.717) is 0 Å². The van der Waals surface area contributed by atoms with Crippen LogP contribution in [0.5, 0.6) is 11.5 Å². The predicted molar refractivity (Wildman–Crippen MR) is 67.0 cm³/mol. The molecule has 0 radical (unpaired) electrons. The van der Waals surface area contributed by atoms with Crippen molar-refractivity contribution in [3.05, 3.63) is 52.6 Å². The Balaban J connectivity index is 2.41. The fourth-order valence-corrected chi connectivity index (χ4v) is 1.43. The van der Waals surface area contributed by atoms with Crippen LogP contribution < -0.4 is 0 Å². The molecule has 2 aromatic rings. The van der Waals surface area contributed by atoms with Crippen molar-refractivity contribution in [2.24, 2.45) is 10.2 Å². The summed E-state index contributed by atoms with van der Waals surface area (Å²) in [5.41, 5.74) is -0.308. The summed E-state index contributed by atoms with van der Waals surface area (Å²) in [6.07, 6.45) is 0. The van der Waals surface area contributed by atoms with E-state index in [2.05, 4.69) is 10.2 Å². The molecule has 0 bridgehead atoms. The lowest BCUT2D eigenvalue weighted by atomic mass is 10.3. The van der Waals surface area contributed by atoms with Gasteiger partial charge in [0.15, 0.2) is 11.4 Å². The first-order valence-electron chi connectivity index (χ1n) is 5.25. The smallest absolute Gasteiger partial charge is 0.296 e. The number of azo groups is 1. The van der Waals surface area contributed by atoms with Crippen molar-refractivity contribution in [2.75, 3.05) is 0 Å². The molecule has 0 aliphatic heterocycles. The molecule has 0 spiro atoms. The number of para-hydroxylation sites is 1. The predicted octanol–water partition coefficient (Wildman–Crippen LogP) is 3.42. The molecule has 2 N–H and O–H groups in total. The lowest BCUT2D eigenvalue weighted by Crippen LogP contribution is -1.87. The first-order chi connectivity index (χ1) is 9.09. The molecule has 2 aromatic carbocycles. The minimum Gasteiger partial charge on any atom is -0.505 e. The molecule has 0 aromatic heterocycles. The zero-order valence-electron chi connectivity index (χ0n) is 9.59. The standard InChI is InChI=1S/C12H9N3O4/c16-10-6-3-7-11(17)12(10)14-13-8-4-1-2-5-9(8)15(18)19/h1-7,16-17H. The van der Waals surface area contributed by atoms with E-state index in [0.717, 1.165) is 0 Å². The zero-order valence-corrected chi connectivity index (χ0v) is 9.59. The van der Waals surface area contributed by atoms with Gasteiger partial charge in [-0.3, -0.25) is 10.1 Å². The van der Waals surface area contributed by atoms with Gasteiger partial charge in [-0.2, -0.15) is 0 Å². The maximum atomic E-state index is 10.8. The molecule has 0 heterocycles. The monoisotopic (exact) mass is 259 g/mol. The Morgan fingerprint density at radius 3 is 2.21 bits per heavy atom. The molecule has 0 saturated heterocycles. The van der Waals surface area contributed by atoms with Gasteiger partial charge in [0.2, 0.25) is 0 Å². The second-order valence-corrected chi connectivity index (χ2v) is 3.59. The van der Waals surface area contributed by atoms with Gasteiger partial charge in [-0.25, -0.2) is 0 Å². The Morgan fingerprint density at radius 2 is 1.58 bits per heavy atom. The number of nitro groups is 1. The van der Waals surface area contributed by atoms with E-state index in [-0.39, 0.29) is 28.6 Å². The lowest BCUT2D eigenvalue weighted by Gasteiger charge is -2.00. The third-order valence-corrected chi connectivity index (χ3v) is 2.33. The zero-order chi connectivity index (χ0) is 13.8. The number of hydrogen-bond acceptors (Lipinski definition) is 6. The highest BCUT2D eigenvalue weighted by Crippen LogP contribution is 2.37. The highest BCUT2D eigenvalue weighted by atomic mass is 16.6. The van der Waals surface area contributed by atoms with Crippen molar-refractivity contribution < 1.29 is 15.1 Å². The van der Waals surface area contributed by atoms with Crippen LogP contribution in [-0.2, 0) is 0 Å². The van der Waals surface area contributed by atoms with Crippen LogP contribution in [0, 0.1) is 10.1 Å². The van der Waals surface area contributed by atoms with Crippen LogP contribution in [0.3, 0.4) is 0 Å². The Bertz CT molecular complexity index is 635. The molecule has 0 aliphatic rings. The van der Waals surface area contributed by atoms with Crippen LogP contribution in [0.15, 0.2) is 52.7 Å². The Kier molecular flexibility index (Phi) is 3.37. The maximum Gasteiger partial charge on any atom is 0.296 e. The van der Waals surface area contributed by atoms with E-state index < -0.39 is 4.92 Å². The molecule has 0 saturated carbocycles. The molecule has 2 rings (SSSR count). The van der Waals surface area contributed by atoms with Crippen LogP contribution in [0.4, 0.5) is 17.1 Å². The summed E-state index contributed by atoms with van der Waals surface area (Å²) in [6, 6.07) is 9.88. The fourth-order valence-electron chi connectivity index (χ4n) is 1.43. The maximum absolute atomic E-state index is 10.8. The summed E-state index contributed by atoms with van der Waals surface area (Å²) in [4.78, 5) is 10.2. The minimum absolute atomic E-state index is 0.0372. The van der Waals surface area contributed by atoms with Gasteiger partial charge in [0.25, 0.3) is 5.69 Å². The van der Waals surface area contributed by atoms with Gasteiger partial charge in [0.1, 0.15) is 11.5 Å². The number of hydrogen-bond donors (Lipinski definition) is 2. The van der Waals surface area contributed by atoms with E-state index in [1.54, 1.807) is 6.07 Å². The van der Waals surface area contributed by atoms with Gasteiger partial charge in [0, 0.05) is 6.07 Å². The van der Waals surface area contributed by atoms with Crippen LogP contribution in [0.1, 0.15) is 0 Å². The molecule has 0 aliphatic carbocycles. The third-order valence-electron chi connectivity index (χ3n) is 2.33. The summed E-state index contributed by atoms with van der Waals surface area (Å²) in [6.45, 7) is 0. The van der Waals surface area contributed by atoms with Gasteiger partial charge in [-0.1, -0.05) is 18.2 Å². The summed E-state index contributed by atoms with van der Waals surface area (Å²) >= 11 is 0. The van der Waals surface area contributed by atoms with Crippen LogP contribution >= 0.6 is 0 Å². The molecule has 0 atom stereocenters. The van der Waals surface area contributed by atoms with Crippen molar-refractivity contribution in [3.63, 3.8) is 0 Å². The highest BCUT2D eigenvalue weighted by molar-refractivity contribution is 5.61. The first kappa shape index (κ1) is 12.5. The van der Waals surface area contributed by atoms with Crippen molar-refractivity contribution in [3.8, 4) is 11.5 Å². The number of phenolic OH excluding ortho intramolecular Hbond substituents is 2. The van der Waals surface area contributed by atoms with Gasteiger partial charge in [-0.05, 0) is 18.2 Å². The fraction of sp³-hybridized carbons (Fsp3) is 0. The Morgan fingerprint density at radius 1 is 0.947 bits per heavy atom. The van der Waals surface area contributed by atoms with Crippen LogP contribution in [0.2, 0.25) is 0 Å². The average Bonchev–Trinajstić information content (AvgIpc) is 2.38. The summed E-state index contributed by atoms with van der Waals surface area (Å²) < 4.78 is 0. The van der Waals surface area contributed by atoms with Crippen molar-refractivity contribution in [1.29, 1.82) is 0 Å². The highest BCUT2D eigenvalue weighted by Gasteiger charge is 2.12. The first-order valence-corrected chi connectivity index (χ1v) is 5.25. The van der Waals surface area contributed by atoms with E-state index >= 15 is 0 Å². The molecule has 19 heavy (non-hydrogen) atoms. The van der Waals surface area contributed by atoms with Crippen LogP contribution in [-0.4, -0.2) is 15.1 Å². The lowest BCUT2D eigenvalue weighted by molar-refractivity contribution is -0.384. The van der Waals surface area contributed by atoms with E-state index in [1.165, 1.54) is 36.4 Å². The van der Waals surface area contributed by atoms with Gasteiger partial charge in [0.05, 0.1) is 4.92 Å². The molecule has 96 valence electrons. The summed E-state index contributed by atoms with van der Waals surface area (Å²) in [7, 11) is 0. The van der Waals surface area contributed by atoms with Crippen molar-refractivity contribution in [2.45, 2.75) is 0 Å². The molecule has 7 heteroatoms. The van der Waals surface area contributed by atoms with E-state index in [1.807, 2.05) is 0 Å². The Hall–Kier alpha value is -2.96. The number of benzene rings is 2. The SMILES string of the molecule is O=[N+]([O-])c1ccccc1N=Nc1c(O)cccc1O. The van der Waals surface area contributed by atoms with Gasteiger partial charge < -0.3 is 10.2 Å². The number of nitrogens with zero attached hydrogens (tertiary/aromatic N) is 3. The Labute approximate surface area is 107 Å². The van der Waals surface area contributed by atoms with E-state index in [9.17, 15) is 20.3 Å². The topological polar surface area (TPSA) is 108 Å². The van der Waals surface area contributed by atoms with Crippen molar-refractivity contribution in [1.82, 2.24) is 0 Å². The molecule has 0 unspecified atom stereocenters. The molecule has 0 amide bonds. The number of rotatable bonds is 3. The van der Waals surface area contributed by atoms with Gasteiger partial charge in [-0.15, -0.1) is 10.2 Å². The molecule has 0 fully saturated rings.